The average Bonchev–Trinajstić information content (AvgIpc) is 3.32. The Morgan fingerprint density at radius 3 is 0.915 bits per heavy atom. The monoisotopic (exact) mass is 840 g/mol. The van der Waals surface area contributed by atoms with Gasteiger partial charge in [0, 0.05) is 0 Å². The Morgan fingerprint density at radius 2 is 0.678 bits per heavy atom. The van der Waals surface area contributed by atoms with Gasteiger partial charge in [-0.1, -0.05) is 173 Å². The molecule has 1 N–H and O–H groups in total. The van der Waals surface area contributed by atoms with Crippen molar-refractivity contribution in [3.05, 3.63) is 123 Å². The maximum absolute atomic E-state index is 11.9. The van der Waals surface area contributed by atoms with Crippen LogP contribution in [0.25, 0.3) is 27.8 Å². The van der Waals surface area contributed by atoms with Crippen molar-refractivity contribution in [1.29, 1.82) is 0 Å². The van der Waals surface area contributed by atoms with Gasteiger partial charge in [0.05, 0.1) is 11.1 Å². The van der Waals surface area contributed by atoms with Crippen molar-refractivity contribution < 1.29 is 30.0 Å². The van der Waals surface area contributed by atoms with Crippen LogP contribution >= 0.6 is 7.81 Å². The van der Waals surface area contributed by atoms with Gasteiger partial charge in [0.15, 0.2) is 0 Å². The molecule has 0 aromatic rings. The number of fused-ring (bicyclic) bond motifs is 2. The summed E-state index contributed by atoms with van der Waals surface area (Å²) in [5.74, 6) is 0.413. The van der Waals surface area contributed by atoms with Gasteiger partial charge in [-0.25, -0.2) is 0 Å². The summed E-state index contributed by atoms with van der Waals surface area (Å²) in [6.07, 6.45) is 4.58. The van der Waals surface area contributed by atoms with Gasteiger partial charge in [0.2, 0.25) is 0 Å². The van der Waals surface area contributed by atoms with Crippen molar-refractivity contribution >= 4 is 19.2 Å². The van der Waals surface area contributed by atoms with Crippen LogP contribution in [0.5, 0.6) is 0 Å². The molecule has 0 aliphatic heterocycles. The second-order valence-corrected chi connectivity index (χ2v) is 24.5. The van der Waals surface area contributed by atoms with Crippen LogP contribution in [0, 0.1) is 10.8 Å². The first-order chi connectivity index (χ1) is 26.0. The number of ketones is 1. The molecule has 0 saturated heterocycles. The Hall–Kier alpha value is -3.70. The Labute approximate surface area is 350 Å². The third-order valence-corrected chi connectivity index (χ3v) is 10.9. The molecule has 5 rings (SSSR count). The van der Waals surface area contributed by atoms with Gasteiger partial charge in [-0.2, -0.15) is 0 Å². The van der Waals surface area contributed by atoms with E-state index in [1.165, 1.54) is 61.2 Å². The number of allylic oxidation sites excluding steroid dienone is 5. The van der Waals surface area contributed by atoms with E-state index in [-0.39, 0.29) is 32.5 Å². The number of carbonyl (C=O) groups excluding carboxylic acids is 1. The Balaban J connectivity index is 0.00000101. The fraction of sp³-hybridized carbons (Fsp3) is 0.471. The summed E-state index contributed by atoms with van der Waals surface area (Å²) >= 11 is 0. The number of hydrogen-bond acceptors (Lipinski definition) is 0. The summed E-state index contributed by atoms with van der Waals surface area (Å²) in [7, 11) is -10.7. The van der Waals surface area contributed by atoms with Gasteiger partial charge < -0.3 is 0 Å². The maximum atomic E-state index is 11.9. The molecule has 0 radical (unpaired) electrons. The van der Waals surface area contributed by atoms with Crippen LogP contribution < -0.4 is 0 Å². The fourth-order valence-corrected chi connectivity index (χ4v) is 7.73. The molecule has 0 saturated carbocycles. The minimum atomic E-state index is -10.7. The molecule has 5 aliphatic rings. The third kappa shape index (κ3) is 11.8. The van der Waals surface area contributed by atoms with Crippen LogP contribution in [-0.4, -0.2) is 10.6 Å². The van der Waals surface area contributed by atoms with Gasteiger partial charge in [-0.15, -0.1) is 0 Å². The first-order valence-electron chi connectivity index (χ1n) is 20.4. The van der Waals surface area contributed by atoms with E-state index in [0.717, 1.165) is 16.7 Å². The van der Waals surface area contributed by atoms with Crippen molar-refractivity contribution in [2.75, 3.05) is 0 Å². The van der Waals surface area contributed by atoms with Gasteiger partial charge in [-0.3, -0.25) is 4.79 Å². The molecular weight excluding hydrogens is 774 g/mol. The molecule has 5 aliphatic carbocycles. The number of hydrogen-bond donors (Lipinski definition) is 0. The van der Waals surface area contributed by atoms with E-state index in [0.29, 0.717) is 5.78 Å². The predicted octanol–water partition coefficient (Wildman–Crippen LogP) is 17.8. The summed E-state index contributed by atoms with van der Waals surface area (Å²) in [6, 6.07) is 23.8. The van der Waals surface area contributed by atoms with E-state index in [1.807, 2.05) is 0 Å². The van der Waals surface area contributed by atoms with Crippen molar-refractivity contribution in [3.8, 4) is 22.3 Å². The van der Waals surface area contributed by atoms with E-state index in [4.69, 9.17) is 0 Å². The van der Waals surface area contributed by atoms with Crippen LogP contribution in [0.2, 0.25) is 0 Å². The van der Waals surface area contributed by atoms with E-state index in [9.17, 15) is 30.0 Å². The Morgan fingerprint density at radius 1 is 0.407 bits per heavy atom. The molecule has 0 spiro atoms. The zero-order valence-electron chi connectivity index (χ0n) is 38.6. The molecule has 59 heavy (non-hydrogen) atoms. The van der Waals surface area contributed by atoms with Crippen LogP contribution in [0.1, 0.15) is 158 Å². The van der Waals surface area contributed by atoms with E-state index < -0.39 is 7.81 Å². The summed E-state index contributed by atoms with van der Waals surface area (Å²) in [5.41, 5.74) is 16.7. The molecule has 8 heteroatoms. The topological polar surface area (TPSA) is 21.4 Å². The second-order valence-electron chi connectivity index (χ2n) is 22.6. The molecular formula is C51H67F6OP. The Kier molecular flexibility index (Phi) is 11.5. The van der Waals surface area contributed by atoms with Crippen molar-refractivity contribution in [2.24, 2.45) is 10.8 Å². The van der Waals surface area contributed by atoms with Crippen LogP contribution in [0.3, 0.4) is 0 Å². The molecule has 0 bridgehead atoms. The van der Waals surface area contributed by atoms with Crippen molar-refractivity contribution in [2.45, 2.75) is 146 Å². The predicted molar refractivity (Wildman–Crippen MR) is 243 cm³/mol. The van der Waals surface area contributed by atoms with E-state index >= 15 is 0 Å². The van der Waals surface area contributed by atoms with Crippen molar-refractivity contribution in [3.63, 3.8) is 0 Å². The fourth-order valence-electron chi connectivity index (χ4n) is 7.73. The van der Waals surface area contributed by atoms with Crippen LogP contribution in [-0.2, 0) is 21.7 Å². The standard InChI is InChI=1S/C51H66O.F6P/c1-46(2,3)32-19-23-34-36(25-21-32)40(48(7,8)9)29-38(34)44(31-27-42(50(13,14)15)45(52)43(28-31)51(16,17)18)39-30-41(49(10,11)12)37-26-22-33(47(4,5)6)20-24-35(37)39;1-7(2,3,4,5)6/h19-30H,1-18H3;/q;-1/p+1. The van der Waals surface area contributed by atoms with Gasteiger partial charge in [0.1, 0.15) is 0 Å². The summed E-state index contributed by atoms with van der Waals surface area (Å²) < 4.78 is 59.2. The molecule has 0 atom stereocenters. The quantitative estimate of drug-likeness (QED) is 0.109. The van der Waals surface area contributed by atoms with Gasteiger partial charge >= 0.3 is 38.8 Å². The summed E-state index contributed by atoms with van der Waals surface area (Å²) in [4.78, 5) is 11.9. The minimum absolute atomic E-state index is 0.0221. The molecule has 0 amide bonds. The number of halogens is 6. The van der Waals surface area contributed by atoms with Gasteiger partial charge in [0.25, 0.3) is 0 Å². The summed E-state index contributed by atoms with van der Waals surface area (Å²) in [5, 5.41) is 0. The average molecular weight is 841 g/mol. The normalized spacial score (nSPS) is 16.3. The first-order valence-corrected chi connectivity index (χ1v) is 22.5. The molecule has 0 aromatic carbocycles. The van der Waals surface area contributed by atoms with Crippen molar-refractivity contribution in [1.82, 2.24) is 0 Å². The summed E-state index contributed by atoms with van der Waals surface area (Å²) in [6.45, 7) is 41.1. The van der Waals surface area contributed by atoms with E-state index in [1.54, 1.807) is 0 Å². The van der Waals surface area contributed by atoms with Crippen LogP contribution in [0.15, 0.2) is 89.5 Å². The third-order valence-electron chi connectivity index (χ3n) is 10.9. The van der Waals surface area contributed by atoms with E-state index in [2.05, 4.69) is 197 Å². The molecule has 0 unspecified atom stereocenters. The Bertz CT molecular complexity index is 2150. The van der Waals surface area contributed by atoms with Gasteiger partial charge in [-0.05, 0) is 124 Å². The first kappa shape index (κ1) is 48.0. The molecule has 1 nitrogen and oxygen atoms in total. The molecule has 0 fully saturated rings. The second kappa shape index (κ2) is 14.2. The SMILES string of the molecule is CC(C)(C)C1=CC(=C(c2cc(C(C)(C)C)c3ccc(C(C)(C)C)ccc2-3)c2cc(C(C)(C)C)c3ccc(C(C)(C)C)ccc2-3)C=C(C(C)(C)C)C1=[OH+].F[P-](F)(F)(F)(F)F. The van der Waals surface area contributed by atoms with Crippen LogP contribution in [0.4, 0.5) is 25.2 Å². The molecule has 0 aromatic heterocycles. The number of rotatable bonds is 2. The zero-order valence-corrected chi connectivity index (χ0v) is 39.5. The molecule has 0 heterocycles. The molecule has 324 valence electrons. The zero-order chi connectivity index (χ0) is 45.6.